The maximum Gasteiger partial charge on any atom is 0.0557 e. The van der Waals surface area contributed by atoms with E-state index in [2.05, 4.69) is 41.0 Å². The average molecular weight is 206 g/mol. The van der Waals surface area contributed by atoms with Crippen molar-refractivity contribution in [2.24, 2.45) is 0 Å². The Hall–Kier alpha value is 0.0300. The monoisotopic (exact) mass is 206 g/mol. The highest BCUT2D eigenvalue weighted by Crippen LogP contribution is 1.96. The van der Waals surface area contributed by atoms with Crippen molar-refractivity contribution in [2.75, 3.05) is 0 Å². The van der Waals surface area contributed by atoms with Crippen LogP contribution in [0.3, 0.4) is 0 Å². The molecule has 0 nitrogen and oxygen atoms in total. The van der Waals surface area contributed by atoms with Crippen LogP contribution in [0.4, 0.5) is 0 Å². The molecule has 0 fully saturated rings. The Balaban J connectivity index is 3.45. The fraction of sp³-hybridized carbons (Fsp3) is 0.333. The van der Waals surface area contributed by atoms with Crippen molar-refractivity contribution in [1.29, 1.82) is 0 Å². The van der Waals surface area contributed by atoms with Crippen LogP contribution in [0.1, 0.15) is 13.3 Å². The quantitative estimate of drug-likeness (QED) is 0.421. The molecule has 0 atom stereocenters. The molecule has 1 heteroatoms. The van der Waals surface area contributed by atoms with Gasteiger partial charge in [-0.15, -0.1) is 0 Å². The summed E-state index contributed by atoms with van der Waals surface area (Å²) in [5.41, 5.74) is 0. The molecule has 0 N–H and O–H groups in total. The number of halogens is 1. The molecule has 0 aliphatic rings. The molecule has 0 aromatic rings. The number of rotatable bonds is 0. The second-order valence-corrected chi connectivity index (χ2v) is 2.36. The van der Waals surface area contributed by atoms with Gasteiger partial charge < -0.3 is 0 Å². The van der Waals surface area contributed by atoms with Gasteiger partial charge in [-0.1, -0.05) is 25.3 Å². The van der Waals surface area contributed by atoms with Crippen molar-refractivity contribution in [3.8, 4) is 11.8 Å². The minimum absolute atomic E-state index is 0.916. The van der Waals surface area contributed by atoms with Gasteiger partial charge in [0, 0.05) is 6.42 Å². The number of allylic oxidation sites excluding steroid dienone is 1. The summed E-state index contributed by atoms with van der Waals surface area (Å²) in [5, 5.41) is 0. The van der Waals surface area contributed by atoms with Gasteiger partial charge >= 0.3 is 0 Å². The van der Waals surface area contributed by atoms with Gasteiger partial charge in [0.15, 0.2) is 0 Å². The number of hydrogen-bond donors (Lipinski definition) is 0. The Morgan fingerprint density at radius 1 is 1.86 bits per heavy atom. The normalized spacial score (nSPS) is 6.57. The van der Waals surface area contributed by atoms with E-state index >= 15 is 0 Å². The highest BCUT2D eigenvalue weighted by Gasteiger charge is 1.68. The second kappa shape index (κ2) is 4.20. The van der Waals surface area contributed by atoms with Gasteiger partial charge in [-0.3, -0.25) is 0 Å². The average Bonchev–Trinajstić information content (AvgIpc) is 1.61. The first kappa shape index (κ1) is 7.03. The molecular weight excluding hydrogens is 199 g/mol. The summed E-state index contributed by atoms with van der Waals surface area (Å²) in [7, 11) is 0. The van der Waals surface area contributed by atoms with Crippen molar-refractivity contribution >= 4 is 22.6 Å². The van der Waals surface area contributed by atoms with E-state index in [1.165, 1.54) is 0 Å². The predicted molar refractivity (Wildman–Crippen MR) is 41.2 cm³/mol. The molecule has 0 aliphatic carbocycles. The maximum atomic E-state index is 3.61. The summed E-state index contributed by atoms with van der Waals surface area (Å²) < 4.78 is 0.916. The van der Waals surface area contributed by atoms with E-state index in [1.807, 2.05) is 6.92 Å². The first-order valence-electron chi connectivity index (χ1n) is 2.10. The first-order valence-corrected chi connectivity index (χ1v) is 3.18. The zero-order chi connectivity index (χ0) is 5.70. The van der Waals surface area contributed by atoms with Crippen LogP contribution < -0.4 is 0 Å². The molecule has 0 aromatic heterocycles. The van der Waals surface area contributed by atoms with Gasteiger partial charge in [0.2, 0.25) is 0 Å². The van der Waals surface area contributed by atoms with Crippen molar-refractivity contribution < 1.29 is 0 Å². The highest BCUT2D eigenvalue weighted by molar-refractivity contribution is 14.1. The fourth-order valence-electron chi connectivity index (χ4n) is 0.184. The van der Waals surface area contributed by atoms with E-state index in [0.717, 1.165) is 10.0 Å². The van der Waals surface area contributed by atoms with Gasteiger partial charge in [0.1, 0.15) is 0 Å². The third-order valence-electron chi connectivity index (χ3n) is 0.401. The molecule has 0 heterocycles. The van der Waals surface area contributed by atoms with E-state index in [9.17, 15) is 0 Å². The summed E-state index contributed by atoms with van der Waals surface area (Å²) in [6.45, 7) is 5.63. The van der Waals surface area contributed by atoms with Gasteiger partial charge in [-0.25, -0.2) is 0 Å². The van der Waals surface area contributed by atoms with Crippen molar-refractivity contribution in [1.82, 2.24) is 0 Å². The summed E-state index contributed by atoms with van der Waals surface area (Å²) in [5.74, 6) is 5.73. The summed E-state index contributed by atoms with van der Waals surface area (Å²) in [4.78, 5) is 0. The Bertz CT molecular complexity index is 114. The minimum atomic E-state index is 0.916. The molecule has 0 bridgehead atoms. The van der Waals surface area contributed by atoms with Gasteiger partial charge in [0.05, 0.1) is 3.58 Å². The van der Waals surface area contributed by atoms with Crippen LogP contribution in [-0.2, 0) is 0 Å². The lowest BCUT2D eigenvalue weighted by Crippen LogP contribution is -1.54. The summed E-state index contributed by atoms with van der Waals surface area (Å²) in [6, 6.07) is 0. The third-order valence-corrected chi connectivity index (χ3v) is 0.670. The molecular formula is C6H7I. The highest BCUT2D eigenvalue weighted by atomic mass is 127. The van der Waals surface area contributed by atoms with Gasteiger partial charge in [-0.05, 0) is 22.6 Å². The largest absolute Gasteiger partial charge is 0.0977 e. The molecule has 38 valence electrons. The van der Waals surface area contributed by atoms with E-state index in [-0.39, 0.29) is 0 Å². The molecule has 0 rings (SSSR count). The molecule has 0 spiro atoms. The Morgan fingerprint density at radius 2 is 2.43 bits per heavy atom. The number of hydrogen-bond acceptors (Lipinski definition) is 0. The van der Waals surface area contributed by atoms with Crippen LogP contribution in [0.15, 0.2) is 10.2 Å². The van der Waals surface area contributed by atoms with Gasteiger partial charge in [0.25, 0.3) is 0 Å². The lowest BCUT2D eigenvalue weighted by molar-refractivity contribution is 1.28. The third kappa shape index (κ3) is 6.03. The van der Waals surface area contributed by atoms with Crippen LogP contribution in [0.5, 0.6) is 0 Å². The molecule has 0 radical (unpaired) electrons. The van der Waals surface area contributed by atoms with E-state index in [0.29, 0.717) is 0 Å². The summed E-state index contributed by atoms with van der Waals surface area (Å²) in [6.07, 6.45) is 0.919. The molecule has 0 saturated heterocycles. The smallest absolute Gasteiger partial charge is 0.0557 e. The maximum absolute atomic E-state index is 3.61. The molecule has 0 saturated carbocycles. The van der Waals surface area contributed by atoms with Crippen LogP contribution in [0, 0.1) is 11.8 Å². The molecule has 0 aromatic carbocycles. The topological polar surface area (TPSA) is 0 Å². The van der Waals surface area contributed by atoms with E-state index in [1.54, 1.807) is 0 Å². The van der Waals surface area contributed by atoms with Crippen molar-refractivity contribution in [2.45, 2.75) is 13.3 Å². The van der Waals surface area contributed by atoms with Crippen LogP contribution >= 0.6 is 22.6 Å². The zero-order valence-electron chi connectivity index (χ0n) is 4.29. The van der Waals surface area contributed by atoms with Crippen LogP contribution in [-0.4, -0.2) is 0 Å². The lowest BCUT2D eigenvalue weighted by Gasteiger charge is -1.70. The van der Waals surface area contributed by atoms with E-state index < -0.39 is 0 Å². The minimum Gasteiger partial charge on any atom is -0.0977 e. The van der Waals surface area contributed by atoms with Gasteiger partial charge in [-0.2, -0.15) is 0 Å². The Morgan fingerprint density at radius 3 is 2.57 bits per heavy atom. The van der Waals surface area contributed by atoms with Crippen molar-refractivity contribution in [3.05, 3.63) is 10.2 Å². The van der Waals surface area contributed by atoms with E-state index in [4.69, 9.17) is 0 Å². The predicted octanol–water partition coefficient (Wildman–Crippen LogP) is 2.35. The second-order valence-electron chi connectivity index (χ2n) is 1.06. The Labute approximate surface area is 58.1 Å². The van der Waals surface area contributed by atoms with Crippen LogP contribution in [0.25, 0.3) is 0 Å². The van der Waals surface area contributed by atoms with Crippen molar-refractivity contribution in [3.63, 3.8) is 0 Å². The first-order chi connectivity index (χ1) is 3.27. The standard InChI is InChI=1S/C6H7I/c1-3-4-5-6(2)7/h2-3H2,1H3. The lowest BCUT2D eigenvalue weighted by atomic mass is 10.5. The molecule has 0 unspecified atom stereocenters. The SMILES string of the molecule is C=C(I)C#CCC. The summed E-state index contributed by atoms with van der Waals surface area (Å²) >= 11 is 2.10. The molecule has 0 amide bonds. The molecule has 7 heavy (non-hydrogen) atoms. The Kier molecular flexibility index (Phi) is 4.21. The molecule has 0 aliphatic heterocycles. The zero-order valence-corrected chi connectivity index (χ0v) is 6.45. The fourth-order valence-corrected chi connectivity index (χ4v) is 0.375. The van der Waals surface area contributed by atoms with Crippen LogP contribution in [0.2, 0.25) is 0 Å².